The van der Waals surface area contributed by atoms with Crippen molar-refractivity contribution in [3.05, 3.63) is 24.2 Å². The third-order valence-electron chi connectivity index (χ3n) is 2.52. The number of rotatable bonds is 7. The lowest BCUT2D eigenvalue weighted by Crippen LogP contribution is -2.26. The molecule has 1 aromatic rings. The molecule has 1 heterocycles. The number of furan rings is 1. The third kappa shape index (κ3) is 4.85. The van der Waals surface area contributed by atoms with Crippen molar-refractivity contribution in [3.8, 4) is 0 Å². The molecule has 1 unspecified atom stereocenters. The Morgan fingerprint density at radius 2 is 2.33 bits per heavy atom. The van der Waals surface area contributed by atoms with E-state index in [4.69, 9.17) is 4.42 Å². The molecule has 0 saturated heterocycles. The lowest BCUT2D eigenvalue weighted by atomic mass is 10.1. The van der Waals surface area contributed by atoms with Crippen molar-refractivity contribution >= 4 is 15.9 Å². The first-order valence-corrected chi connectivity index (χ1v) is 6.64. The normalized spacial score (nSPS) is 13.3. The summed E-state index contributed by atoms with van der Waals surface area (Å²) in [5.41, 5.74) is 1.25. The van der Waals surface area contributed by atoms with Crippen LogP contribution in [0.3, 0.4) is 0 Å². The van der Waals surface area contributed by atoms with Gasteiger partial charge in [0.25, 0.3) is 0 Å². The molecule has 0 aliphatic heterocycles. The third-order valence-corrected chi connectivity index (χ3v) is 3.43. The molecule has 0 N–H and O–H groups in total. The van der Waals surface area contributed by atoms with Crippen LogP contribution in [0.4, 0.5) is 0 Å². The molecule has 1 aromatic heterocycles. The Bertz CT molecular complexity index is 248. The van der Waals surface area contributed by atoms with Crippen molar-refractivity contribution in [2.24, 2.45) is 5.92 Å². The topological polar surface area (TPSA) is 16.4 Å². The Kier molecular flexibility index (Phi) is 6.03. The lowest BCUT2D eigenvalue weighted by Gasteiger charge is -2.21. The van der Waals surface area contributed by atoms with E-state index in [0.717, 1.165) is 24.3 Å². The maximum Gasteiger partial charge on any atom is 0.0947 e. The highest BCUT2D eigenvalue weighted by atomic mass is 79.9. The summed E-state index contributed by atoms with van der Waals surface area (Å²) in [6.45, 7) is 4.36. The van der Waals surface area contributed by atoms with Crippen LogP contribution >= 0.6 is 15.9 Å². The molecule has 1 rings (SSSR count). The van der Waals surface area contributed by atoms with Crippen LogP contribution in [-0.4, -0.2) is 23.8 Å². The largest absolute Gasteiger partial charge is 0.472 e. The van der Waals surface area contributed by atoms with E-state index in [0.29, 0.717) is 0 Å². The first-order valence-electron chi connectivity index (χ1n) is 5.51. The number of alkyl halides is 1. The summed E-state index contributed by atoms with van der Waals surface area (Å²) in [7, 11) is 2.16. The summed E-state index contributed by atoms with van der Waals surface area (Å²) in [6, 6.07) is 2.03. The highest BCUT2D eigenvalue weighted by Crippen LogP contribution is 2.13. The fourth-order valence-electron chi connectivity index (χ4n) is 1.83. The second-order valence-electron chi connectivity index (χ2n) is 4.14. The SMILES string of the molecule is CCCC(CBr)CN(C)Cc1ccoc1. The molecular weight excluding hydrogens is 254 g/mol. The van der Waals surface area contributed by atoms with Crippen LogP contribution in [0.2, 0.25) is 0 Å². The molecule has 0 aliphatic rings. The summed E-state index contributed by atoms with van der Waals surface area (Å²) < 4.78 is 5.06. The second-order valence-corrected chi connectivity index (χ2v) is 4.78. The molecule has 0 bridgehead atoms. The molecule has 0 amide bonds. The van der Waals surface area contributed by atoms with E-state index in [-0.39, 0.29) is 0 Å². The molecule has 1 atom stereocenters. The highest BCUT2D eigenvalue weighted by Gasteiger charge is 2.10. The van der Waals surface area contributed by atoms with Crippen molar-refractivity contribution in [1.82, 2.24) is 4.90 Å². The highest BCUT2D eigenvalue weighted by molar-refractivity contribution is 9.09. The predicted octanol–water partition coefficient (Wildman–Crippen LogP) is 3.52. The zero-order valence-electron chi connectivity index (χ0n) is 9.58. The van der Waals surface area contributed by atoms with Crippen LogP contribution in [-0.2, 0) is 6.54 Å². The van der Waals surface area contributed by atoms with Gasteiger partial charge in [-0.1, -0.05) is 29.3 Å². The van der Waals surface area contributed by atoms with Gasteiger partial charge in [0.1, 0.15) is 0 Å². The first kappa shape index (κ1) is 12.8. The Morgan fingerprint density at radius 3 is 2.87 bits per heavy atom. The van der Waals surface area contributed by atoms with Gasteiger partial charge in [-0.2, -0.15) is 0 Å². The second kappa shape index (κ2) is 7.07. The van der Waals surface area contributed by atoms with Gasteiger partial charge in [0.15, 0.2) is 0 Å². The molecule has 0 aliphatic carbocycles. The van der Waals surface area contributed by atoms with Gasteiger partial charge in [-0.05, 0) is 25.5 Å². The quantitative estimate of drug-likeness (QED) is 0.707. The summed E-state index contributed by atoms with van der Waals surface area (Å²) in [5, 5.41) is 1.09. The van der Waals surface area contributed by atoms with E-state index in [9.17, 15) is 0 Å². The van der Waals surface area contributed by atoms with Crippen LogP contribution in [0.1, 0.15) is 25.3 Å². The van der Waals surface area contributed by atoms with Gasteiger partial charge >= 0.3 is 0 Å². The summed E-state index contributed by atoms with van der Waals surface area (Å²) in [4.78, 5) is 2.35. The van der Waals surface area contributed by atoms with Crippen molar-refractivity contribution in [3.63, 3.8) is 0 Å². The minimum atomic E-state index is 0.756. The summed E-state index contributed by atoms with van der Waals surface area (Å²) in [6.07, 6.45) is 6.10. The molecule has 15 heavy (non-hydrogen) atoms. The van der Waals surface area contributed by atoms with Gasteiger partial charge < -0.3 is 9.32 Å². The zero-order valence-corrected chi connectivity index (χ0v) is 11.2. The smallest absolute Gasteiger partial charge is 0.0947 e. The Balaban J connectivity index is 2.30. The van der Waals surface area contributed by atoms with Crippen molar-refractivity contribution in [2.75, 3.05) is 18.9 Å². The average Bonchev–Trinajstić information content (AvgIpc) is 2.69. The summed E-state index contributed by atoms with van der Waals surface area (Å²) >= 11 is 3.58. The monoisotopic (exact) mass is 273 g/mol. The minimum Gasteiger partial charge on any atom is -0.472 e. The molecular formula is C12H20BrNO. The summed E-state index contributed by atoms with van der Waals surface area (Å²) in [5.74, 6) is 0.756. The maximum atomic E-state index is 5.06. The van der Waals surface area contributed by atoms with E-state index >= 15 is 0 Å². The maximum absolute atomic E-state index is 5.06. The fraction of sp³-hybridized carbons (Fsp3) is 0.667. The number of hydrogen-bond donors (Lipinski definition) is 0. The van der Waals surface area contributed by atoms with E-state index in [1.165, 1.54) is 18.4 Å². The van der Waals surface area contributed by atoms with Crippen molar-refractivity contribution in [1.29, 1.82) is 0 Å². The first-order chi connectivity index (χ1) is 7.26. The molecule has 3 heteroatoms. The standard InChI is InChI=1S/C12H20BrNO/c1-3-4-11(7-13)8-14(2)9-12-5-6-15-10-12/h5-6,10-11H,3-4,7-9H2,1-2H3. The van der Waals surface area contributed by atoms with Crippen LogP contribution in [0, 0.1) is 5.92 Å². The molecule has 0 spiro atoms. The van der Waals surface area contributed by atoms with Gasteiger partial charge in [0.2, 0.25) is 0 Å². The van der Waals surface area contributed by atoms with Crippen LogP contribution in [0.5, 0.6) is 0 Å². The fourth-order valence-corrected chi connectivity index (χ4v) is 2.35. The van der Waals surface area contributed by atoms with Crippen LogP contribution in [0.25, 0.3) is 0 Å². The van der Waals surface area contributed by atoms with Gasteiger partial charge in [-0.3, -0.25) is 0 Å². The number of nitrogens with zero attached hydrogens (tertiary/aromatic N) is 1. The molecule has 0 saturated carbocycles. The van der Waals surface area contributed by atoms with E-state index < -0.39 is 0 Å². The molecule has 86 valence electrons. The average molecular weight is 274 g/mol. The molecule has 0 radical (unpaired) electrons. The van der Waals surface area contributed by atoms with Crippen LogP contribution in [0.15, 0.2) is 23.0 Å². The van der Waals surface area contributed by atoms with Gasteiger partial charge in [-0.25, -0.2) is 0 Å². The molecule has 0 aromatic carbocycles. The number of hydrogen-bond acceptors (Lipinski definition) is 2. The molecule has 0 fully saturated rings. The Morgan fingerprint density at radius 1 is 1.53 bits per heavy atom. The van der Waals surface area contributed by atoms with Crippen LogP contribution < -0.4 is 0 Å². The minimum absolute atomic E-state index is 0.756. The predicted molar refractivity (Wildman–Crippen MR) is 67.2 cm³/mol. The number of halogens is 1. The van der Waals surface area contributed by atoms with Crippen molar-refractivity contribution < 1.29 is 4.42 Å². The molecule has 2 nitrogen and oxygen atoms in total. The van der Waals surface area contributed by atoms with E-state index in [1.54, 1.807) is 6.26 Å². The zero-order chi connectivity index (χ0) is 11.1. The Hall–Kier alpha value is -0.280. The van der Waals surface area contributed by atoms with Gasteiger partial charge in [0.05, 0.1) is 12.5 Å². The van der Waals surface area contributed by atoms with Gasteiger partial charge in [-0.15, -0.1) is 0 Å². The van der Waals surface area contributed by atoms with E-state index in [2.05, 4.69) is 34.8 Å². The lowest BCUT2D eigenvalue weighted by molar-refractivity contribution is 0.273. The van der Waals surface area contributed by atoms with E-state index in [1.807, 2.05) is 12.3 Å². The van der Waals surface area contributed by atoms with Gasteiger partial charge in [0, 0.05) is 24.0 Å². The van der Waals surface area contributed by atoms with Crippen molar-refractivity contribution in [2.45, 2.75) is 26.3 Å². The Labute approximate surface area is 101 Å².